The van der Waals surface area contributed by atoms with Crippen molar-refractivity contribution in [1.29, 1.82) is 0 Å². The van der Waals surface area contributed by atoms with Crippen LogP contribution in [0.2, 0.25) is 0 Å². The van der Waals surface area contributed by atoms with E-state index in [1.54, 1.807) is 14.0 Å². The monoisotopic (exact) mass is 380 g/mol. The summed E-state index contributed by atoms with van der Waals surface area (Å²) in [6.07, 6.45) is -1.33. The van der Waals surface area contributed by atoms with E-state index in [1.807, 2.05) is 11.8 Å². The van der Waals surface area contributed by atoms with Gasteiger partial charge < -0.3 is 36.2 Å². The van der Waals surface area contributed by atoms with E-state index in [-0.39, 0.29) is 30.3 Å². The first-order valence-corrected chi connectivity index (χ1v) is 8.72. The van der Waals surface area contributed by atoms with Gasteiger partial charge in [0.1, 0.15) is 0 Å². The van der Waals surface area contributed by atoms with Gasteiger partial charge in [-0.15, -0.1) is 0 Å². The lowest BCUT2D eigenvalue weighted by Gasteiger charge is -2.39. The fraction of sp³-hybridized carbons (Fsp3) is 0.588. The van der Waals surface area contributed by atoms with Gasteiger partial charge in [0.2, 0.25) is 11.6 Å². The predicted molar refractivity (Wildman–Crippen MR) is 93.4 cm³/mol. The Kier molecular flexibility index (Phi) is 4.74. The summed E-state index contributed by atoms with van der Waals surface area (Å²) in [7, 11) is 1.58. The molecule has 27 heavy (non-hydrogen) atoms. The summed E-state index contributed by atoms with van der Waals surface area (Å²) in [4.78, 5) is 36.6. The molecule has 2 fully saturated rings. The van der Waals surface area contributed by atoms with Crippen molar-refractivity contribution in [1.82, 2.24) is 15.5 Å². The van der Waals surface area contributed by atoms with Crippen LogP contribution in [0.1, 0.15) is 13.8 Å². The molecule has 0 bridgehead atoms. The van der Waals surface area contributed by atoms with Crippen LogP contribution in [0.4, 0.5) is 4.79 Å². The van der Waals surface area contributed by atoms with Crippen molar-refractivity contribution in [3.8, 4) is 0 Å². The molecule has 4 rings (SSSR count). The molecule has 0 radical (unpaired) electrons. The van der Waals surface area contributed by atoms with Crippen LogP contribution in [0.5, 0.6) is 0 Å². The summed E-state index contributed by atoms with van der Waals surface area (Å²) >= 11 is 0. The molecule has 0 spiro atoms. The molecular weight excluding hydrogens is 356 g/mol. The Labute approximate surface area is 156 Å². The SMILES string of the molecule is CCNC1=C(C)C(=O)C2=C(C1=O)C(CO)C1(OC)C3NC3CN21.NC(=O)O. The second-order valence-corrected chi connectivity index (χ2v) is 6.84. The number of primary amides is 1. The Hall–Kier alpha value is -2.43. The molecule has 148 valence electrons. The maximum atomic E-state index is 13.0. The number of methoxy groups -OCH3 is 1. The third-order valence-electron chi connectivity index (χ3n) is 5.57. The van der Waals surface area contributed by atoms with Crippen molar-refractivity contribution in [2.75, 3.05) is 26.8 Å². The summed E-state index contributed by atoms with van der Waals surface area (Å²) in [5.74, 6) is -0.860. The summed E-state index contributed by atoms with van der Waals surface area (Å²) in [5.41, 5.74) is 4.80. The maximum Gasteiger partial charge on any atom is 0.402 e. The zero-order chi connectivity index (χ0) is 20.1. The third-order valence-corrected chi connectivity index (χ3v) is 5.57. The number of carbonyl (C=O) groups excluding carboxylic acids is 2. The lowest BCUT2D eigenvalue weighted by atomic mass is 9.82. The van der Waals surface area contributed by atoms with Gasteiger partial charge in [-0.05, 0) is 13.8 Å². The zero-order valence-corrected chi connectivity index (χ0v) is 15.4. The molecule has 4 unspecified atom stereocenters. The zero-order valence-electron chi connectivity index (χ0n) is 15.4. The average molecular weight is 380 g/mol. The molecule has 4 aliphatic rings. The Bertz CT molecular complexity index is 771. The topological polar surface area (TPSA) is 164 Å². The summed E-state index contributed by atoms with van der Waals surface area (Å²) in [6, 6.07) is 0.291. The number of nitrogens with one attached hydrogen (secondary N) is 2. The van der Waals surface area contributed by atoms with Gasteiger partial charge in [0.15, 0.2) is 5.72 Å². The van der Waals surface area contributed by atoms with E-state index in [2.05, 4.69) is 16.4 Å². The van der Waals surface area contributed by atoms with Crippen molar-refractivity contribution in [2.24, 2.45) is 11.7 Å². The standard InChI is InChI=1S/C16H21N3O4.CH3NO2/c1-4-17-11-7(2)13(21)12-10(14(11)22)8(6-20)16(23-3)15-9(18-15)5-19(12)16;2-1(3)4/h8-9,15,17-18,20H,4-6H2,1-3H3;2H2,(H,3,4). The first kappa shape index (κ1) is 19.3. The van der Waals surface area contributed by atoms with Crippen LogP contribution < -0.4 is 16.4 Å². The molecule has 10 heteroatoms. The van der Waals surface area contributed by atoms with E-state index in [0.717, 1.165) is 0 Å². The minimum absolute atomic E-state index is 0.0405. The number of hydrogen-bond acceptors (Lipinski definition) is 8. The van der Waals surface area contributed by atoms with Gasteiger partial charge in [0.05, 0.1) is 30.0 Å². The number of Topliss-reactive ketones (excluding diaryl/α,β-unsaturated/α-hetero) is 2. The predicted octanol–water partition coefficient (Wildman–Crippen LogP) is -1.48. The highest BCUT2D eigenvalue weighted by Gasteiger charge is 2.72. The number of ether oxygens (including phenoxy) is 1. The molecule has 0 aromatic rings. The fourth-order valence-electron chi connectivity index (χ4n) is 4.53. The molecule has 0 aromatic carbocycles. The number of rotatable bonds is 4. The number of nitrogens with two attached hydrogens (primary N) is 1. The van der Waals surface area contributed by atoms with Crippen LogP contribution in [0.15, 0.2) is 22.5 Å². The lowest BCUT2D eigenvalue weighted by molar-refractivity contribution is -0.137. The summed E-state index contributed by atoms with van der Waals surface area (Å²) < 4.78 is 5.82. The van der Waals surface area contributed by atoms with Crippen LogP contribution in [-0.2, 0) is 14.3 Å². The van der Waals surface area contributed by atoms with Crippen LogP contribution in [0.25, 0.3) is 0 Å². The quantitative estimate of drug-likeness (QED) is 0.289. The van der Waals surface area contributed by atoms with Crippen molar-refractivity contribution in [3.63, 3.8) is 0 Å². The van der Waals surface area contributed by atoms with Gasteiger partial charge >= 0.3 is 6.09 Å². The number of hydrogen-bond donors (Lipinski definition) is 5. The summed E-state index contributed by atoms with van der Waals surface area (Å²) in [5, 5.41) is 23.5. The third kappa shape index (κ3) is 2.55. The molecule has 3 heterocycles. The minimum Gasteiger partial charge on any atom is -0.465 e. The summed E-state index contributed by atoms with van der Waals surface area (Å²) in [6.45, 7) is 4.51. The molecule has 10 nitrogen and oxygen atoms in total. The van der Waals surface area contributed by atoms with Crippen LogP contribution in [-0.4, -0.2) is 77.4 Å². The number of nitrogens with zero attached hydrogens (tertiary/aromatic N) is 1. The molecule has 3 aliphatic heterocycles. The van der Waals surface area contributed by atoms with E-state index in [9.17, 15) is 14.7 Å². The van der Waals surface area contributed by atoms with Gasteiger partial charge in [-0.1, -0.05) is 0 Å². The first-order chi connectivity index (χ1) is 12.8. The first-order valence-electron chi connectivity index (χ1n) is 8.72. The van der Waals surface area contributed by atoms with Crippen molar-refractivity contribution >= 4 is 17.7 Å². The van der Waals surface area contributed by atoms with Crippen LogP contribution in [0, 0.1) is 5.92 Å². The average Bonchev–Trinajstić information content (AvgIpc) is 3.22. The highest BCUT2D eigenvalue weighted by molar-refractivity contribution is 6.25. The van der Waals surface area contributed by atoms with Gasteiger partial charge in [-0.3, -0.25) is 9.59 Å². The molecular formula is C17H24N4O6. The van der Waals surface area contributed by atoms with Gasteiger partial charge in [-0.2, -0.15) is 0 Å². The number of allylic oxidation sites excluding steroid dienone is 2. The number of aliphatic hydroxyl groups excluding tert-OH is 1. The molecule has 1 amide bonds. The second-order valence-electron chi connectivity index (χ2n) is 6.84. The van der Waals surface area contributed by atoms with Crippen molar-refractivity contribution in [3.05, 3.63) is 22.5 Å². The second kappa shape index (κ2) is 6.63. The lowest BCUT2D eigenvalue weighted by Crippen LogP contribution is -2.54. The van der Waals surface area contributed by atoms with Crippen LogP contribution >= 0.6 is 0 Å². The van der Waals surface area contributed by atoms with E-state index in [1.165, 1.54) is 0 Å². The van der Waals surface area contributed by atoms with E-state index >= 15 is 0 Å². The highest BCUT2D eigenvalue weighted by Crippen LogP contribution is 2.55. The van der Waals surface area contributed by atoms with Gasteiger partial charge in [-0.25, -0.2) is 4.79 Å². The van der Waals surface area contributed by atoms with Gasteiger partial charge in [0, 0.05) is 37.4 Å². The number of piperazine rings is 1. The van der Waals surface area contributed by atoms with Crippen molar-refractivity contribution in [2.45, 2.75) is 31.7 Å². The number of amides is 1. The number of fused-ring (bicyclic) bond motifs is 4. The minimum atomic E-state index is -1.33. The fourth-order valence-corrected chi connectivity index (χ4v) is 4.53. The van der Waals surface area contributed by atoms with Gasteiger partial charge in [0.25, 0.3) is 0 Å². The molecule has 2 saturated heterocycles. The van der Waals surface area contributed by atoms with E-state index in [0.29, 0.717) is 35.6 Å². The normalized spacial score (nSPS) is 33.3. The number of likely N-dealkylation sites (N-methyl/N-ethyl adjacent to an activating group) is 1. The molecule has 4 atom stereocenters. The number of ketones is 2. The molecule has 1 aliphatic carbocycles. The molecule has 6 N–H and O–H groups in total. The largest absolute Gasteiger partial charge is 0.465 e. The highest BCUT2D eigenvalue weighted by atomic mass is 16.5. The van der Waals surface area contributed by atoms with E-state index in [4.69, 9.17) is 14.6 Å². The molecule has 0 aromatic heterocycles. The Morgan fingerprint density at radius 1 is 1.44 bits per heavy atom. The van der Waals surface area contributed by atoms with Crippen molar-refractivity contribution < 1.29 is 29.3 Å². The van der Waals surface area contributed by atoms with E-state index < -0.39 is 17.7 Å². The maximum absolute atomic E-state index is 13.0. The Morgan fingerprint density at radius 3 is 2.59 bits per heavy atom. The number of carboxylic acid groups (broad SMARTS) is 1. The molecule has 0 saturated carbocycles. The number of carbonyl (C=O) groups is 3. The van der Waals surface area contributed by atoms with Crippen LogP contribution in [0.3, 0.4) is 0 Å². The smallest absolute Gasteiger partial charge is 0.402 e. The Morgan fingerprint density at radius 2 is 2.07 bits per heavy atom. The number of aliphatic hydroxyl groups is 1. The Balaban J connectivity index is 0.000000481.